The number of para-hydroxylation sites is 2. The molecule has 0 bridgehead atoms. The van der Waals surface area contributed by atoms with Gasteiger partial charge in [-0.2, -0.15) is 0 Å². The number of benzene rings is 9. The van der Waals surface area contributed by atoms with Crippen LogP contribution in [0.15, 0.2) is 158 Å². The number of nitrogens with zero attached hydrogens (tertiary/aromatic N) is 4. The Hall–Kier alpha value is -7.92. The quantitative estimate of drug-likeness (QED) is 0.159. The van der Waals surface area contributed by atoms with Crippen molar-refractivity contribution in [3.05, 3.63) is 181 Å². The topological polar surface area (TPSA) is 18.6 Å². The molecule has 4 heteroatoms. The third kappa shape index (κ3) is 3.44. The SMILES string of the molecule is [C-]#[N+]c1ccc(-n2c3ccccc3c3cc4c5c(cccc5c32)-c2ccccc2-4)c(-n2c3ccccc3c3cc4c5c(cccc5c32)-c2ccccc2-4)c1[N+]#[C-]. The third-order valence-corrected chi connectivity index (χ3v) is 12.4. The highest BCUT2D eigenvalue weighted by Crippen LogP contribution is 2.54. The number of fused-ring (bicyclic) bond motifs is 14. The van der Waals surface area contributed by atoms with Crippen LogP contribution in [0.25, 0.3) is 131 Å². The molecule has 4 nitrogen and oxygen atoms in total. The summed E-state index contributed by atoms with van der Waals surface area (Å²) in [4.78, 5) is 8.20. The van der Waals surface area contributed by atoms with Gasteiger partial charge in [-0.25, -0.2) is 4.85 Å². The van der Waals surface area contributed by atoms with Crippen molar-refractivity contribution in [1.82, 2.24) is 9.13 Å². The molecule has 254 valence electrons. The van der Waals surface area contributed by atoms with E-state index in [0.29, 0.717) is 17.1 Å². The lowest BCUT2D eigenvalue weighted by molar-refractivity contribution is 1.11. The van der Waals surface area contributed by atoms with Crippen LogP contribution in [0.5, 0.6) is 0 Å². The van der Waals surface area contributed by atoms with Gasteiger partial charge in [-0.05, 0) is 85.6 Å². The Morgan fingerprint density at radius 2 is 0.804 bits per heavy atom. The molecular formula is C52H26N4. The maximum atomic E-state index is 8.75. The minimum Gasteiger partial charge on any atom is -0.318 e. The van der Waals surface area contributed by atoms with Gasteiger partial charge in [-0.1, -0.05) is 127 Å². The molecule has 0 aliphatic heterocycles. The summed E-state index contributed by atoms with van der Waals surface area (Å²) in [6, 6.07) is 56.4. The van der Waals surface area contributed by atoms with E-state index in [9.17, 15) is 0 Å². The second kappa shape index (κ2) is 10.4. The third-order valence-electron chi connectivity index (χ3n) is 12.4. The molecule has 0 saturated heterocycles. The lowest BCUT2D eigenvalue weighted by atomic mass is 9.99. The fraction of sp³-hybridized carbons (Fsp3) is 0. The van der Waals surface area contributed by atoms with E-state index in [0.717, 1.165) is 60.1 Å². The van der Waals surface area contributed by atoms with Crippen LogP contribution in [0.4, 0.5) is 11.4 Å². The van der Waals surface area contributed by atoms with E-state index in [1.165, 1.54) is 55.3 Å². The van der Waals surface area contributed by atoms with Crippen molar-refractivity contribution < 1.29 is 0 Å². The van der Waals surface area contributed by atoms with Gasteiger partial charge in [0.15, 0.2) is 5.69 Å². The van der Waals surface area contributed by atoms with Crippen LogP contribution < -0.4 is 0 Å². The second-order valence-electron chi connectivity index (χ2n) is 14.9. The maximum Gasteiger partial charge on any atom is 0.220 e. The number of hydrogen-bond acceptors (Lipinski definition) is 0. The Morgan fingerprint density at radius 3 is 1.34 bits per heavy atom. The summed E-state index contributed by atoms with van der Waals surface area (Å²) in [5.41, 5.74) is 16.4. The molecule has 0 spiro atoms. The van der Waals surface area contributed by atoms with Gasteiger partial charge in [-0.3, -0.25) is 4.85 Å². The fourth-order valence-electron chi connectivity index (χ4n) is 10.3. The maximum absolute atomic E-state index is 8.75. The van der Waals surface area contributed by atoms with E-state index in [-0.39, 0.29) is 0 Å². The predicted molar refractivity (Wildman–Crippen MR) is 232 cm³/mol. The molecule has 11 aromatic rings. The van der Waals surface area contributed by atoms with Gasteiger partial charge in [0.2, 0.25) is 5.69 Å². The van der Waals surface area contributed by atoms with Gasteiger partial charge in [0, 0.05) is 32.3 Å². The molecule has 0 fully saturated rings. The Balaban J connectivity index is 1.25. The van der Waals surface area contributed by atoms with Gasteiger partial charge in [0.1, 0.15) is 0 Å². The first-order chi connectivity index (χ1) is 27.7. The molecule has 9 aromatic carbocycles. The smallest absolute Gasteiger partial charge is 0.220 e. The molecule has 2 heterocycles. The van der Waals surface area contributed by atoms with Crippen molar-refractivity contribution in [2.75, 3.05) is 0 Å². The zero-order valence-corrected chi connectivity index (χ0v) is 29.8. The second-order valence-corrected chi connectivity index (χ2v) is 14.9. The van der Waals surface area contributed by atoms with Gasteiger partial charge in [0.25, 0.3) is 0 Å². The van der Waals surface area contributed by atoms with Crippen molar-refractivity contribution in [1.29, 1.82) is 0 Å². The predicted octanol–water partition coefficient (Wildman–Crippen LogP) is 14.6. The Labute approximate surface area is 321 Å². The first kappa shape index (κ1) is 29.5. The lowest BCUT2D eigenvalue weighted by Gasteiger charge is -2.20. The van der Waals surface area contributed by atoms with E-state index in [1.54, 1.807) is 0 Å². The average molecular weight is 707 g/mol. The minimum absolute atomic E-state index is 0.339. The number of rotatable bonds is 2. The van der Waals surface area contributed by atoms with Gasteiger partial charge < -0.3 is 9.13 Å². The minimum atomic E-state index is 0.339. The molecule has 2 aliphatic carbocycles. The van der Waals surface area contributed by atoms with Crippen LogP contribution in [0, 0.1) is 13.1 Å². The van der Waals surface area contributed by atoms with Crippen molar-refractivity contribution in [3.63, 3.8) is 0 Å². The zero-order valence-electron chi connectivity index (χ0n) is 29.8. The molecule has 0 saturated carbocycles. The largest absolute Gasteiger partial charge is 0.318 e. The molecule has 2 aliphatic rings. The fourth-order valence-corrected chi connectivity index (χ4v) is 10.3. The summed E-state index contributed by atoms with van der Waals surface area (Å²) in [5, 5.41) is 9.29. The van der Waals surface area contributed by atoms with Crippen LogP contribution in [0.1, 0.15) is 0 Å². The Kier molecular flexibility index (Phi) is 5.48. The normalized spacial score (nSPS) is 12.2. The van der Waals surface area contributed by atoms with E-state index < -0.39 is 0 Å². The standard InChI is InChI=1S/C52H26N4/c1-53-43-25-26-46(55-44-23-9-7-17-33(44)41-27-39-31-15-5-3-13-29(31)35-19-11-21-37(47(35)39)50(41)55)52(49(43)54-2)56-45-24-10-8-18-34(45)42-28-40-32-16-6-4-14-30(32)36-20-12-22-38(48(36)40)51(42)56/h3-28H. The molecule has 0 amide bonds. The first-order valence-electron chi connectivity index (χ1n) is 18.8. The number of aromatic nitrogens is 2. The molecule has 0 unspecified atom stereocenters. The van der Waals surface area contributed by atoms with Gasteiger partial charge >= 0.3 is 0 Å². The van der Waals surface area contributed by atoms with Crippen molar-refractivity contribution in [3.8, 4) is 55.9 Å². The molecule has 2 aromatic heterocycles. The molecular weight excluding hydrogens is 681 g/mol. The van der Waals surface area contributed by atoms with Crippen LogP contribution in [-0.2, 0) is 0 Å². The van der Waals surface area contributed by atoms with Crippen molar-refractivity contribution in [2.45, 2.75) is 0 Å². The summed E-state index contributed by atoms with van der Waals surface area (Å²) in [7, 11) is 0. The van der Waals surface area contributed by atoms with Gasteiger partial charge in [-0.15, -0.1) is 0 Å². The highest BCUT2D eigenvalue weighted by atomic mass is 15.1. The molecule has 0 radical (unpaired) electrons. The summed E-state index contributed by atoms with van der Waals surface area (Å²) < 4.78 is 4.66. The van der Waals surface area contributed by atoms with Crippen molar-refractivity contribution >= 4 is 76.5 Å². The lowest BCUT2D eigenvalue weighted by Crippen LogP contribution is -2.04. The number of hydrogen-bond donors (Lipinski definition) is 0. The molecule has 0 atom stereocenters. The van der Waals surface area contributed by atoms with E-state index in [2.05, 4.69) is 170 Å². The zero-order chi connectivity index (χ0) is 36.8. The van der Waals surface area contributed by atoms with Gasteiger partial charge in [0.05, 0.1) is 46.6 Å². The van der Waals surface area contributed by atoms with Crippen LogP contribution in [0.2, 0.25) is 0 Å². The van der Waals surface area contributed by atoms with Crippen LogP contribution >= 0.6 is 0 Å². The Morgan fingerprint density at radius 1 is 0.357 bits per heavy atom. The summed E-state index contributed by atoms with van der Waals surface area (Å²) in [6.07, 6.45) is 0. The Bertz CT molecular complexity index is 3730. The highest BCUT2D eigenvalue weighted by Gasteiger charge is 2.30. The molecule has 56 heavy (non-hydrogen) atoms. The van der Waals surface area contributed by atoms with E-state index in [4.69, 9.17) is 13.1 Å². The van der Waals surface area contributed by atoms with E-state index >= 15 is 0 Å². The highest BCUT2D eigenvalue weighted by molar-refractivity contribution is 6.30. The summed E-state index contributed by atoms with van der Waals surface area (Å²) in [5.74, 6) is 0. The van der Waals surface area contributed by atoms with Crippen LogP contribution in [-0.4, -0.2) is 9.13 Å². The van der Waals surface area contributed by atoms with Crippen LogP contribution in [0.3, 0.4) is 0 Å². The summed E-state index contributed by atoms with van der Waals surface area (Å²) >= 11 is 0. The van der Waals surface area contributed by atoms with E-state index in [1.807, 2.05) is 6.07 Å². The average Bonchev–Trinajstić information content (AvgIpc) is 3.98. The monoisotopic (exact) mass is 706 g/mol. The molecule has 13 rings (SSSR count). The molecule has 0 N–H and O–H groups in total. The van der Waals surface area contributed by atoms with Crippen molar-refractivity contribution in [2.24, 2.45) is 0 Å². The first-order valence-corrected chi connectivity index (χ1v) is 18.8. The summed E-state index contributed by atoms with van der Waals surface area (Å²) in [6.45, 7) is 17.1.